The quantitative estimate of drug-likeness (QED) is 0.496. The normalized spacial score (nSPS) is 36.6. The molecular formula is C8H14O2. The van der Waals surface area contributed by atoms with Crippen molar-refractivity contribution in [3.8, 4) is 0 Å². The van der Waals surface area contributed by atoms with Crippen LogP contribution in [0.25, 0.3) is 0 Å². The van der Waals surface area contributed by atoms with Crippen LogP contribution in [-0.2, 0) is 10.2 Å². The lowest BCUT2D eigenvalue weighted by molar-refractivity contribution is -0.0717. The second-order valence-electron chi connectivity index (χ2n) is 3.07. The van der Waals surface area contributed by atoms with Crippen LogP contribution in [0.2, 0.25) is 0 Å². The summed E-state index contributed by atoms with van der Waals surface area (Å²) in [5.74, 6) is 0. The smallest absolute Gasteiger partial charge is 0.122 e. The predicted octanol–water partition coefficient (Wildman–Crippen LogP) is 1.94. The molecule has 0 spiro atoms. The van der Waals surface area contributed by atoms with Gasteiger partial charge in [-0.05, 0) is 12.8 Å². The maximum absolute atomic E-state index is 10.9. The van der Waals surface area contributed by atoms with Crippen molar-refractivity contribution in [3.05, 3.63) is 0 Å². The third-order valence-electron chi connectivity index (χ3n) is 2.14. The molecule has 0 aromatic heterocycles. The van der Waals surface area contributed by atoms with E-state index in [1.165, 1.54) is 0 Å². The molecule has 2 unspecified atom stereocenters. The van der Waals surface area contributed by atoms with Gasteiger partial charge in [0.1, 0.15) is 12.2 Å². The zero-order chi connectivity index (χ0) is 7.40. The first kappa shape index (κ1) is 8.02. The fraction of sp³-hybridized carbons (Fsp3) is 1.00. The van der Waals surface area contributed by atoms with Crippen molar-refractivity contribution < 1.29 is 10.2 Å². The van der Waals surface area contributed by atoms with Gasteiger partial charge >= 0.3 is 0 Å². The molecule has 10 heavy (non-hydrogen) atoms. The van der Waals surface area contributed by atoms with Gasteiger partial charge in [-0.15, -0.1) is 0 Å². The molecule has 0 aromatic carbocycles. The van der Waals surface area contributed by atoms with Gasteiger partial charge < -0.3 is 0 Å². The van der Waals surface area contributed by atoms with Crippen LogP contribution < -0.4 is 0 Å². The number of hydrogen-bond donors (Lipinski definition) is 0. The first-order chi connectivity index (χ1) is 4.80. The highest BCUT2D eigenvalue weighted by atomic mass is 16.3. The van der Waals surface area contributed by atoms with Crippen molar-refractivity contribution in [1.29, 1.82) is 0 Å². The summed E-state index contributed by atoms with van der Waals surface area (Å²) in [7, 11) is 0. The summed E-state index contributed by atoms with van der Waals surface area (Å²) >= 11 is 0. The Balaban J connectivity index is 2.28. The van der Waals surface area contributed by atoms with E-state index in [4.69, 9.17) is 0 Å². The molecule has 2 radical (unpaired) electrons. The lowest BCUT2D eigenvalue weighted by atomic mass is 9.96. The average molecular weight is 142 g/mol. The molecule has 0 bridgehead atoms. The summed E-state index contributed by atoms with van der Waals surface area (Å²) in [6, 6.07) is 0. The minimum atomic E-state index is -0.819. The Morgan fingerprint density at radius 3 is 1.50 bits per heavy atom. The van der Waals surface area contributed by atoms with E-state index in [0.717, 1.165) is 25.7 Å². The van der Waals surface area contributed by atoms with E-state index in [-0.39, 0.29) is 0 Å². The third kappa shape index (κ3) is 2.27. The molecule has 1 aliphatic carbocycles. The summed E-state index contributed by atoms with van der Waals surface area (Å²) in [4.78, 5) is 0. The van der Waals surface area contributed by atoms with Gasteiger partial charge in [0.05, 0.1) is 0 Å². The van der Waals surface area contributed by atoms with Crippen LogP contribution in [0, 0.1) is 0 Å². The van der Waals surface area contributed by atoms with Gasteiger partial charge in [0.2, 0.25) is 0 Å². The molecule has 2 atom stereocenters. The van der Waals surface area contributed by atoms with E-state index < -0.39 is 12.2 Å². The monoisotopic (exact) mass is 142 g/mol. The second-order valence-corrected chi connectivity index (χ2v) is 3.07. The molecular weight excluding hydrogens is 128 g/mol. The molecule has 0 heterocycles. The second kappa shape index (κ2) is 3.94. The van der Waals surface area contributed by atoms with E-state index in [2.05, 4.69) is 0 Å². The van der Waals surface area contributed by atoms with Gasteiger partial charge in [0.15, 0.2) is 0 Å². The van der Waals surface area contributed by atoms with Crippen LogP contribution in [0.4, 0.5) is 0 Å². The lowest BCUT2D eigenvalue weighted by Gasteiger charge is -2.16. The van der Waals surface area contributed by atoms with Gasteiger partial charge in [-0.2, -0.15) is 0 Å². The van der Waals surface area contributed by atoms with Crippen LogP contribution >= 0.6 is 0 Å². The fourth-order valence-corrected chi connectivity index (χ4v) is 1.42. The molecule has 1 fully saturated rings. The first-order valence-corrected chi connectivity index (χ1v) is 4.12. The Labute approximate surface area is 61.9 Å². The van der Waals surface area contributed by atoms with Gasteiger partial charge in [-0.3, -0.25) is 0 Å². The van der Waals surface area contributed by atoms with E-state index in [0.29, 0.717) is 12.8 Å². The Hall–Kier alpha value is -0.0800. The Morgan fingerprint density at radius 1 is 0.700 bits per heavy atom. The Kier molecular flexibility index (Phi) is 3.16. The maximum Gasteiger partial charge on any atom is 0.122 e. The predicted molar refractivity (Wildman–Crippen MR) is 36.7 cm³/mol. The highest BCUT2D eigenvalue weighted by Gasteiger charge is 2.20. The van der Waals surface area contributed by atoms with Crippen molar-refractivity contribution in [2.24, 2.45) is 0 Å². The standard InChI is InChI=1S/C8H14O2/c9-7-5-3-1-2-4-6-8(7)10/h7-8H,1-6H2. The van der Waals surface area contributed by atoms with Crippen molar-refractivity contribution in [2.75, 3.05) is 0 Å². The Morgan fingerprint density at radius 2 is 1.10 bits per heavy atom. The van der Waals surface area contributed by atoms with Crippen LogP contribution in [0.3, 0.4) is 0 Å². The van der Waals surface area contributed by atoms with Crippen molar-refractivity contribution in [1.82, 2.24) is 0 Å². The van der Waals surface area contributed by atoms with E-state index in [9.17, 15) is 10.2 Å². The molecule has 0 N–H and O–H groups in total. The van der Waals surface area contributed by atoms with Crippen molar-refractivity contribution in [2.45, 2.75) is 50.7 Å². The minimum Gasteiger partial charge on any atom is -0.230 e. The van der Waals surface area contributed by atoms with E-state index in [1.54, 1.807) is 0 Å². The van der Waals surface area contributed by atoms with Crippen molar-refractivity contribution in [3.63, 3.8) is 0 Å². The van der Waals surface area contributed by atoms with Crippen LogP contribution in [-0.4, -0.2) is 12.2 Å². The molecule has 2 heteroatoms. The largest absolute Gasteiger partial charge is 0.230 e. The summed E-state index contributed by atoms with van der Waals surface area (Å²) in [6.45, 7) is 0. The highest BCUT2D eigenvalue weighted by molar-refractivity contribution is 4.69. The van der Waals surface area contributed by atoms with Crippen LogP contribution in [0.1, 0.15) is 38.5 Å². The lowest BCUT2D eigenvalue weighted by Crippen LogP contribution is -2.24. The Bertz CT molecular complexity index is 81.3. The van der Waals surface area contributed by atoms with Gasteiger partial charge in [0.25, 0.3) is 0 Å². The summed E-state index contributed by atoms with van der Waals surface area (Å²) in [5.41, 5.74) is 0. The summed E-state index contributed by atoms with van der Waals surface area (Å²) in [6.07, 6.45) is 3.79. The molecule has 0 aliphatic heterocycles. The molecule has 58 valence electrons. The van der Waals surface area contributed by atoms with Gasteiger partial charge in [-0.25, -0.2) is 10.2 Å². The zero-order valence-electron chi connectivity index (χ0n) is 6.21. The molecule has 1 saturated carbocycles. The van der Waals surface area contributed by atoms with Crippen molar-refractivity contribution >= 4 is 0 Å². The molecule has 2 nitrogen and oxygen atoms in total. The van der Waals surface area contributed by atoms with Gasteiger partial charge in [-0.1, -0.05) is 25.7 Å². The topological polar surface area (TPSA) is 39.8 Å². The zero-order valence-corrected chi connectivity index (χ0v) is 6.21. The maximum atomic E-state index is 10.9. The molecule has 0 aromatic rings. The summed E-state index contributed by atoms with van der Waals surface area (Å²) in [5, 5.41) is 21.9. The average Bonchev–Trinajstić information content (AvgIpc) is 1.92. The third-order valence-corrected chi connectivity index (χ3v) is 2.14. The molecule has 1 rings (SSSR count). The number of hydrogen-bond acceptors (Lipinski definition) is 0. The SMILES string of the molecule is [O]C1CCCCCCC1[O]. The summed E-state index contributed by atoms with van der Waals surface area (Å²) < 4.78 is 0. The van der Waals surface area contributed by atoms with E-state index in [1.807, 2.05) is 0 Å². The first-order valence-electron chi connectivity index (χ1n) is 4.12. The molecule has 0 amide bonds. The van der Waals surface area contributed by atoms with E-state index >= 15 is 0 Å². The highest BCUT2D eigenvalue weighted by Crippen LogP contribution is 2.17. The fourth-order valence-electron chi connectivity index (χ4n) is 1.42. The minimum absolute atomic E-state index is 0.605. The van der Waals surface area contributed by atoms with Gasteiger partial charge in [0, 0.05) is 0 Å². The molecule has 1 aliphatic rings. The number of rotatable bonds is 0. The molecule has 0 saturated heterocycles. The van der Waals surface area contributed by atoms with Crippen LogP contribution in [0.15, 0.2) is 0 Å². The van der Waals surface area contributed by atoms with Crippen LogP contribution in [0.5, 0.6) is 0 Å².